The second-order valence-electron chi connectivity index (χ2n) is 12.4. The lowest BCUT2D eigenvalue weighted by Gasteiger charge is -2.42. The summed E-state index contributed by atoms with van der Waals surface area (Å²) in [7, 11) is 2.48. The molecule has 56 heavy (non-hydrogen) atoms. The molecule has 10 atom stereocenters. The molecule has 6 N–H and O–H groups in total. The summed E-state index contributed by atoms with van der Waals surface area (Å²) in [5.74, 6) is -1.39. The van der Waals surface area contributed by atoms with Crippen LogP contribution in [0.5, 0.6) is 0 Å². The molecular weight excluding hydrogens is 754 g/mol. The van der Waals surface area contributed by atoms with Crippen molar-refractivity contribution in [2.24, 2.45) is 0 Å². The largest absolute Gasteiger partial charge is 0.387 e. The zero-order valence-corrected chi connectivity index (χ0v) is 32.1. The van der Waals surface area contributed by atoms with Crippen LogP contribution in [0.4, 0.5) is 0 Å². The Balaban J connectivity index is 1.40. The monoisotopic (exact) mass is 811 g/mol. The SMILES string of the molecule is CCN(CCOCO)C(=O)C1O[C@@H](OCCO[C@@H]2C(C(=O)NCCOCCOCCOCCn3nncc3C(C)=O)O[C@@H](OC)[C@@H](O)[C@H]2O)[C@@H](O)[C@@H](O)[C@@H]1OC. The lowest BCUT2D eigenvalue weighted by Crippen LogP contribution is -2.63. The molecule has 2 aliphatic rings. The molecule has 3 rings (SSSR count). The standard InChI is InChI=1S/C33H57N5O18/c1-5-37(7-10-52-19-39)31(46)29-26(47-3)22(41)25(44)33(56-29)54-17-16-53-27-23(42)24(43)32(48-4)55-28(27)30(45)34-6-9-49-12-14-51-15-13-50-11-8-38-21(20(2)40)18-35-36-38/h18,22-29,32-33,39,41-44H,5-17,19H2,1-4H3,(H,34,45)/t22-,23-,24+,25+,26+,27+,28?,29?,32-,33-/m1/s1. The number of likely N-dealkylation sites (N-methyl/N-ethyl adjacent to an activating group) is 1. The highest BCUT2D eigenvalue weighted by Gasteiger charge is 2.50. The maximum Gasteiger partial charge on any atom is 0.254 e. The number of methoxy groups -OCH3 is 2. The molecule has 0 aliphatic carbocycles. The molecule has 23 heteroatoms. The van der Waals surface area contributed by atoms with E-state index in [4.69, 9.17) is 52.5 Å². The van der Waals surface area contributed by atoms with Crippen LogP contribution in [0.15, 0.2) is 6.20 Å². The maximum atomic E-state index is 13.3. The summed E-state index contributed by atoms with van der Waals surface area (Å²) in [6.45, 7) is 4.38. The van der Waals surface area contributed by atoms with E-state index in [0.717, 1.165) is 0 Å². The molecular formula is C33H57N5O18. The van der Waals surface area contributed by atoms with Crippen LogP contribution in [0.25, 0.3) is 0 Å². The van der Waals surface area contributed by atoms with Gasteiger partial charge in [-0.15, -0.1) is 5.10 Å². The molecule has 2 amide bonds. The van der Waals surface area contributed by atoms with Crippen molar-refractivity contribution in [1.82, 2.24) is 25.2 Å². The third kappa shape index (κ3) is 13.9. The van der Waals surface area contributed by atoms with E-state index in [1.807, 2.05) is 0 Å². The first-order valence-electron chi connectivity index (χ1n) is 18.2. The first-order chi connectivity index (χ1) is 27.0. The second kappa shape index (κ2) is 25.5. The van der Waals surface area contributed by atoms with Crippen molar-refractivity contribution >= 4 is 17.6 Å². The number of ketones is 1. The predicted molar refractivity (Wildman–Crippen MR) is 186 cm³/mol. The van der Waals surface area contributed by atoms with Crippen molar-refractivity contribution in [2.75, 3.05) is 100 Å². The van der Waals surface area contributed by atoms with Gasteiger partial charge < -0.3 is 83.1 Å². The van der Waals surface area contributed by atoms with Crippen LogP contribution in [0.1, 0.15) is 24.3 Å². The highest BCUT2D eigenvalue weighted by atomic mass is 16.7. The summed E-state index contributed by atoms with van der Waals surface area (Å²) in [4.78, 5) is 39.3. The smallest absolute Gasteiger partial charge is 0.254 e. The van der Waals surface area contributed by atoms with Crippen molar-refractivity contribution in [3.63, 3.8) is 0 Å². The number of nitrogens with one attached hydrogen (secondary N) is 1. The van der Waals surface area contributed by atoms with Gasteiger partial charge in [-0.25, -0.2) is 4.68 Å². The quantitative estimate of drug-likeness (QED) is 0.0277. The Kier molecular flexibility index (Phi) is 21.6. The van der Waals surface area contributed by atoms with E-state index in [-0.39, 0.29) is 65.1 Å². The number of hydrogen-bond acceptors (Lipinski definition) is 20. The van der Waals surface area contributed by atoms with E-state index in [2.05, 4.69) is 15.6 Å². The molecule has 0 saturated carbocycles. The molecule has 0 aromatic carbocycles. The van der Waals surface area contributed by atoms with Crippen LogP contribution in [0, 0.1) is 0 Å². The number of Topliss-reactive ketones (excluding diaryl/α,β-unsaturated/α-hetero) is 1. The van der Waals surface area contributed by atoms with Crippen LogP contribution in [0.3, 0.4) is 0 Å². The van der Waals surface area contributed by atoms with Crippen molar-refractivity contribution in [2.45, 2.75) is 81.8 Å². The number of aromatic nitrogens is 3. The minimum Gasteiger partial charge on any atom is -0.387 e. The van der Waals surface area contributed by atoms with Gasteiger partial charge in [0.1, 0.15) is 49.1 Å². The Hall–Kier alpha value is -2.85. The Morgan fingerprint density at radius 3 is 2.05 bits per heavy atom. The number of aliphatic hydroxyl groups excluding tert-OH is 5. The number of amides is 2. The molecule has 1 aromatic rings. The van der Waals surface area contributed by atoms with Gasteiger partial charge in [0, 0.05) is 40.8 Å². The van der Waals surface area contributed by atoms with Crippen LogP contribution in [-0.4, -0.2) is 225 Å². The van der Waals surface area contributed by atoms with Gasteiger partial charge in [0.05, 0.1) is 72.2 Å². The summed E-state index contributed by atoms with van der Waals surface area (Å²) in [6.07, 6.45) is -13.3. The highest BCUT2D eigenvalue weighted by molar-refractivity contribution is 5.91. The van der Waals surface area contributed by atoms with Gasteiger partial charge in [-0.2, -0.15) is 0 Å². The predicted octanol–water partition coefficient (Wildman–Crippen LogP) is -4.58. The van der Waals surface area contributed by atoms with Crippen molar-refractivity contribution in [1.29, 1.82) is 0 Å². The first-order valence-corrected chi connectivity index (χ1v) is 18.2. The lowest BCUT2D eigenvalue weighted by molar-refractivity contribution is -0.305. The van der Waals surface area contributed by atoms with E-state index in [0.29, 0.717) is 32.1 Å². The average molecular weight is 812 g/mol. The van der Waals surface area contributed by atoms with E-state index in [1.54, 1.807) is 6.92 Å². The van der Waals surface area contributed by atoms with Gasteiger partial charge >= 0.3 is 0 Å². The van der Waals surface area contributed by atoms with Crippen molar-refractivity contribution < 1.29 is 87.3 Å². The Morgan fingerprint density at radius 1 is 0.786 bits per heavy atom. The number of hydrogen-bond donors (Lipinski definition) is 6. The van der Waals surface area contributed by atoms with Crippen LogP contribution < -0.4 is 5.32 Å². The van der Waals surface area contributed by atoms with Crippen molar-refractivity contribution in [3.05, 3.63) is 11.9 Å². The normalized spacial score (nSPS) is 27.9. The Bertz CT molecular complexity index is 1300. The average Bonchev–Trinajstić information content (AvgIpc) is 3.67. The maximum absolute atomic E-state index is 13.3. The number of aliphatic hydroxyl groups is 5. The summed E-state index contributed by atoms with van der Waals surface area (Å²) in [5.41, 5.74) is 0.403. The van der Waals surface area contributed by atoms with Gasteiger partial charge in [-0.1, -0.05) is 5.21 Å². The Morgan fingerprint density at radius 2 is 1.41 bits per heavy atom. The summed E-state index contributed by atoms with van der Waals surface area (Å²) in [6, 6.07) is 0. The van der Waals surface area contributed by atoms with E-state index < -0.39 is 80.0 Å². The van der Waals surface area contributed by atoms with Gasteiger partial charge in [0.25, 0.3) is 11.8 Å². The molecule has 2 aliphatic heterocycles. The molecule has 1 aromatic heterocycles. The number of carbonyl (C=O) groups excluding carboxylic acids is 3. The zero-order valence-electron chi connectivity index (χ0n) is 32.1. The number of ether oxygens (including phenoxy) is 10. The van der Waals surface area contributed by atoms with Gasteiger partial charge in [0.2, 0.25) is 0 Å². The third-order valence-corrected chi connectivity index (χ3v) is 8.78. The van der Waals surface area contributed by atoms with Gasteiger partial charge in [-0.3, -0.25) is 14.4 Å². The molecule has 0 spiro atoms. The first kappa shape index (κ1) is 47.5. The number of carbonyl (C=O) groups is 3. The second-order valence-corrected chi connectivity index (χ2v) is 12.4. The van der Waals surface area contributed by atoms with Crippen LogP contribution >= 0.6 is 0 Å². The zero-order chi connectivity index (χ0) is 41.0. The fourth-order valence-corrected chi connectivity index (χ4v) is 5.79. The van der Waals surface area contributed by atoms with E-state index in [1.165, 1.54) is 36.9 Å². The molecule has 2 fully saturated rings. The molecule has 23 nitrogen and oxygen atoms in total. The molecule has 2 saturated heterocycles. The molecule has 2 unspecified atom stereocenters. The number of rotatable bonds is 27. The van der Waals surface area contributed by atoms with E-state index in [9.17, 15) is 34.8 Å². The molecule has 0 bridgehead atoms. The lowest BCUT2D eigenvalue weighted by atomic mass is 9.97. The minimum atomic E-state index is -1.63. The van der Waals surface area contributed by atoms with E-state index >= 15 is 0 Å². The fourth-order valence-electron chi connectivity index (χ4n) is 5.79. The van der Waals surface area contributed by atoms with Gasteiger partial charge in [-0.05, 0) is 6.92 Å². The molecule has 3 heterocycles. The molecule has 0 radical (unpaired) electrons. The van der Waals surface area contributed by atoms with Crippen LogP contribution in [0.2, 0.25) is 0 Å². The summed E-state index contributed by atoms with van der Waals surface area (Å²) >= 11 is 0. The summed E-state index contributed by atoms with van der Waals surface area (Å²) < 4.78 is 55.9. The topological polar surface area (TPSA) is 291 Å². The van der Waals surface area contributed by atoms with Crippen LogP contribution in [-0.2, 0) is 63.5 Å². The fraction of sp³-hybridized carbons (Fsp3) is 0.848. The minimum absolute atomic E-state index is 0.0417. The summed E-state index contributed by atoms with van der Waals surface area (Å²) in [5, 5.41) is 61.8. The molecule has 322 valence electrons. The number of nitrogens with zero attached hydrogens (tertiary/aromatic N) is 4. The van der Waals surface area contributed by atoms with Crippen molar-refractivity contribution in [3.8, 4) is 0 Å². The van der Waals surface area contributed by atoms with Gasteiger partial charge in [0.15, 0.2) is 30.6 Å². The third-order valence-electron chi connectivity index (χ3n) is 8.78. The Labute approximate surface area is 323 Å². The highest BCUT2D eigenvalue weighted by Crippen LogP contribution is 2.27.